The van der Waals surface area contributed by atoms with Gasteiger partial charge in [0.2, 0.25) is 11.8 Å². The molecule has 0 spiro atoms. The van der Waals surface area contributed by atoms with E-state index < -0.39 is 0 Å². The van der Waals surface area contributed by atoms with Gasteiger partial charge < -0.3 is 0 Å². The Kier molecular flexibility index (Phi) is 8.16. The third-order valence-electron chi connectivity index (χ3n) is 4.47. The van der Waals surface area contributed by atoms with E-state index in [1.54, 1.807) is 0 Å². The first-order valence-corrected chi connectivity index (χ1v) is 9.89. The molecule has 5 heteroatoms. The Balaban J connectivity index is 1.53. The minimum Gasteiger partial charge on any atom is -0.273 e. The predicted molar refractivity (Wildman–Crippen MR) is 98.6 cm³/mol. The van der Waals surface area contributed by atoms with Crippen molar-refractivity contribution in [2.45, 2.75) is 63.2 Å². The maximum atomic E-state index is 11.8. The van der Waals surface area contributed by atoms with Crippen molar-refractivity contribution in [1.82, 2.24) is 10.9 Å². The molecule has 1 fully saturated rings. The number of hydrogen-bond donors (Lipinski definition) is 2. The summed E-state index contributed by atoms with van der Waals surface area (Å²) in [6, 6.07) is 8.04. The van der Waals surface area contributed by atoms with Gasteiger partial charge in [0.25, 0.3) is 0 Å². The Labute approximate surface area is 149 Å². The van der Waals surface area contributed by atoms with Crippen LogP contribution in [0, 0.1) is 12.8 Å². The largest absolute Gasteiger partial charge is 0.273 e. The summed E-state index contributed by atoms with van der Waals surface area (Å²) >= 11 is 1.46. The molecule has 2 N–H and O–H groups in total. The van der Waals surface area contributed by atoms with Crippen LogP contribution < -0.4 is 10.9 Å². The molecule has 0 atom stereocenters. The topological polar surface area (TPSA) is 58.2 Å². The molecule has 132 valence electrons. The number of hydrogen-bond acceptors (Lipinski definition) is 3. The van der Waals surface area contributed by atoms with Crippen molar-refractivity contribution in [3.8, 4) is 0 Å². The van der Waals surface area contributed by atoms with Crippen molar-refractivity contribution in [1.29, 1.82) is 0 Å². The summed E-state index contributed by atoms with van der Waals surface area (Å²) in [6.45, 7) is 2.03. The van der Waals surface area contributed by atoms with Gasteiger partial charge in [-0.3, -0.25) is 20.4 Å². The average Bonchev–Trinajstić information content (AvgIpc) is 2.60. The van der Waals surface area contributed by atoms with Gasteiger partial charge in [-0.15, -0.1) is 11.8 Å². The highest BCUT2D eigenvalue weighted by molar-refractivity contribution is 8.00. The van der Waals surface area contributed by atoms with Crippen molar-refractivity contribution >= 4 is 23.6 Å². The van der Waals surface area contributed by atoms with E-state index >= 15 is 0 Å². The Morgan fingerprint density at radius 3 is 2.42 bits per heavy atom. The van der Waals surface area contributed by atoms with Crippen molar-refractivity contribution in [2.24, 2.45) is 5.92 Å². The van der Waals surface area contributed by atoms with Gasteiger partial charge in [0.15, 0.2) is 0 Å². The second-order valence-corrected chi connectivity index (χ2v) is 7.64. The lowest BCUT2D eigenvalue weighted by molar-refractivity contribution is -0.127. The summed E-state index contributed by atoms with van der Waals surface area (Å²) in [5, 5.41) is 0. The number of thioether (sulfide) groups is 1. The molecule has 2 amide bonds. The van der Waals surface area contributed by atoms with Crippen LogP contribution in [0.15, 0.2) is 29.2 Å². The molecular weight excluding hydrogens is 320 g/mol. The van der Waals surface area contributed by atoms with Gasteiger partial charge in [-0.2, -0.15) is 0 Å². The molecule has 0 bridgehead atoms. The summed E-state index contributed by atoms with van der Waals surface area (Å²) in [4.78, 5) is 24.6. The van der Waals surface area contributed by atoms with Crippen LogP contribution in [0.1, 0.15) is 56.9 Å². The minimum absolute atomic E-state index is 0.0977. The quantitative estimate of drug-likeness (QED) is 0.579. The van der Waals surface area contributed by atoms with Crippen LogP contribution in [0.4, 0.5) is 0 Å². The highest BCUT2D eigenvalue weighted by Crippen LogP contribution is 2.27. The van der Waals surface area contributed by atoms with Crippen LogP contribution >= 0.6 is 11.8 Å². The number of carbonyl (C=O) groups excluding carboxylic acids is 2. The fourth-order valence-electron chi connectivity index (χ4n) is 3.05. The predicted octanol–water partition coefficient (Wildman–Crippen LogP) is 3.99. The zero-order chi connectivity index (χ0) is 17.2. The molecule has 1 aromatic rings. The number of carbonyl (C=O) groups is 2. The molecule has 1 aliphatic rings. The first kappa shape index (κ1) is 18.8. The van der Waals surface area contributed by atoms with Gasteiger partial charge in [0, 0.05) is 11.3 Å². The molecule has 1 aromatic carbocycles. The number of hydrazine groups is 1. The summed E-state index contributed by atoms with van der Waals surface area (Å²) in [6.07, 6.45) is 9.20. The van der Waals surface area contributed by atoms with E-state index in [0.29, 0.717) is 12.2 Å². The van der Waals surface area contributed by atoms with E-state index in [-0.39, 0.29) is 11.8 Å². The molecule has 0 aliphatic heterocycles. The van der Waals surface area contributed by atoms with Crippen LogP contribution in [0.2, 0.25) is 0 Å². The van der Waals surface area contributed by atoms with E-state index in [0.717, 1.165) is 23.7 Å². The second kappa shape index (κ2) is 10.4. The maximum Gasteiger partial charge on any atom is 0.248 e. The standard InChI is InChI=1S/C19H28N2O2S/c1-15-10-12-17(13-11-15)24-14-19(23)21-20-18(22)9-5-8-16-6-3-2-4-7-16/h10-13,16H,2-9,14H2,1H3,(H,20,22)(H,21,23). The van der Waals surface area contributed by atoms with E-state index in [9.17, 15) is 9.59 Å². The molecule has 0 heterocycles. The Morgan fingerprint density at radius 1 is 1.04 bits per heavy atom. The fraction of sp³-hybridized carbons (Fsp3) is 0.579. The zero-order valence-electron chi connectivity index (χ0n) is 14.5. The van der Waals surface area contributed by atoms with Gasteiger partial charge in [-0.25, -0.2) is 0 Å². The second-order valence-electron chi connectivity index (χ2n) is 6.59. The molecule has 24 heavy (non-hydrogen) atoms. The molecule has 0 aromatic heterocycles. The van der Waals surface area contributed by atoms with Crippen molar-refractivity contribution in [3.05, 3.63) is 29.8 Å². The SMILES string of the molecule is Cc1ccc(SCC(=O)NNC(=O)CCCC2CCCCC2)cc1. The van der Waals surface area contributed by atoms with Gasteiger partial charge >= 0.3 is 0 Å². The van der Waals surface area contributed by atoms with Gasteiger partial charge in [0.1, 0.15) is 0 Å². The summed E-state index contributed by atoms with van der Waals surface area (Å²) in [5.41, 5.74) is 6.21. The first-order valence-electron chi connectivity index (χ1n) is 8.90. The van der Waals surface area contributed by atoms with E-state index in [2.05, 4.69) is 10.9 Å². The molecule has 1 saturated carbocycles. The number of rotatable bonds is 7. The smallest absolute Gasteiger partial charge is 0.248 e. The van der Waals surface area contributed by atoms with Crippen molar-refractivity contribution < 1.29 is 9.59 Å². The highest BCUT2D eigenvalue weighted by atomic mass is 32.2. The van der Waals surface area contributed by atoms with E-state index in [1.807, 2.05) is 31.2 Å². The Morgan fingerprint density at radius 2 is 1.71 bits per heavy atom. The molecule has 4 nitrogen and oxygen atoms in total. The number of nitrogens with one attached hydrogen (secondary N) is 2. The lowest BCUT2D eigenvalue weighted by Gasteiger charge is -2.21. The molecule has 0 unspecified atom stereocenters. The average molecular weight is 349 g/mol. The minimum atomic E-state index is -0.179. The van der Waals surface area contributed by atoms with Gasteiger partial charge in [-0.05, 0) is 37.8 Å². The number of amides is 2. The summed E-state index contributed by atoms with van der Waals surface area (Å²) in [7, 11) is 0. The van der Waals surface area contributed by atoms with Gasteiger partial charge in [-0.1, -0.05) is 49.8 Å². The monoisotopic (exact) mass is 348 g/mol. The van der Waals surface area contributed by atoms with Crippen molar-refractivity contribution in [2.75, 3.05) is 5.75 Å². The summed E-state index contributed by atoms with van der Waals surface area (Å²) < 4.78 is 0. The molecule has 2 rings (SSSR count). The molecular formula is C19H28N2O2S. The fourth-order valence-corrected chi connectivity index (χ4v) is 3.75. The van der Waals surface area contributed by atoms with E-state index in [4.69, 9.17) is 0 Å². The normalized spacial score (nSPS) is 15.0. The van der Waals surface area contributed by atoms with Crippen LogP contribution in [0.3, 0.4) is 0 Å². The third-order valence-corrected chi connectivity index (χ3v) is 5.49. The number of benzene rings is 1. The Bertz CT molecular complexity index is 525. The van der Waals surface area contributed by atoms with Crippen LogP contribution in [0.5, 0.6) is 0 Å². The maximum absolute atomic E-state index is 11.8. The third kappa shape index (κ3) is 7.39. The number of aryl methyl sites for hydroxylation is 1. The molecule has 0 saturated heterocycles. The lowest BCUT2D eigenvalue weighted by atomic mass is 9.86. The van der Waals surface area contributed by atoms with Crippen LogP contribution in [-0.4, -0.2) is 17.6 Å². The molecule has 0 radical (unpaired) electrons. The van der Waals surface area contributed by atoms with Gasteiger partial charge in [0.05, 0.1) is 5.75 Å². The Hall–Kier alpha value is -1.49. The first-order chi connectivity index (χ1) is 11.6. The molecule has 1 aliphatic carbocycles. The highest BCUT2D eigenvalue weighted by Gasteiger charge is 2.13. The van der Waals surface area contributed by atoms with Crippen LogP contribution in [0.25, 0.3) is 0 Å². The van der Waals surface area contributed by atoms with Crippen molar-refractivity contribution in [3.63, 3.8) is 0 Å². The van der Waals surface area contributed by atoms with Crippen LogP contribution in [-0.2, 0) is 9.59 Å². The zero-order valence-corrected chi connectivity index (χ0v) is 15.3. The lowest BCUT2D eigenvalue weighted by Crippen LogP contribution is -2.42. The van der Waals surface area contributed by atoms with E-state index in [1.165, 1.54) is 49.4 Å². The summed E-state index contributed by atoms with van der Waals surface area (Å²) in [5.74, 6) is 0.818.